The maximum atomic E-state index is 12.2. The predicted molar refractivity (Wildman–Crippen MR) is 99.6 cm³/mol. The smallest absolute Gasteiger partial charge is 0.311 e. The van der Waals surface area contributed by atoms with Gasteiger partial charge in [-0.05, 0) is 45.0 Å². The lowest BCUT2D eigenvalue weighted by Gasteiger charge is -2.31. The Morgan fingerprint density at radius 1 is 1.04 bits per heavy atom. The van der Waals surface area contributed by atoms with E-state index in [0.29, 0.717) is 50.8 Å². The zero-order valence-electron chi connectivity index (χ0n) is 15.9. The minimum atomic E-state index is -0.537. The van der Waals surface area contributed by atoms with Crippen LogP contribution in [-0.2, 0) is 16.0 Å². The van der Waals surface area contributed by atoms with Gasteiger partial charge in [0.05, 0.1) is 13.2 Å². The van der Waals surface area contributed by atoms with Crippen LogP contribution >= 0.6 is 0 Å². The van der Waals surface area contributed by atoms with Crippen molar-refractivity contribution in [2.75, 3.05) is 53.0 Å². The maximum absolute atomic E-state index is 12.2. The van der Waals surface area contributed by atoms with Crippen LogP contribution in [0.1, 0.15) is 19.4 Å². The fourth-order valence-corrected chi connectivity index (χ4v) is 2.80. The second-order valence-corrected chi connectivity index (χ2v) is 6.25. The van der Waals surface area contributed by atoms with Gasteiger partial charge in [-0.2, -0.15) is 0 Å². The molecule has 1 fully saturated rings. The van der Waals surface area contributed by atoms with Gasteiger partial charge < -0.3 is 24.6 Å². The maximum Gasteiger partial charge on any atom is 0.311 e. The van der Waals surface area contributed by atoms with Crippen LogP contribution < -0.4 is 14.8 Å². The van der Waals surface area contributed by atoms with Gasteiger partial charge in [0.15, 0.2) is 11.5 Å². The van der Waals surface area contributed by atoms with E-state index in [0.717, 1.165) is 18.7 Å². The van der Waals surface area contributed by atoms with Gasteiger partial charge in [0.2, 0.25) is 0 Å². The van der Waals surface area contributed by atoms with Crippen LogP contribution in [0.4, 0.5) is 0 Å². The number of piperazine rings is 1. The van der Waals surface area contributed by atoms with Gasteiger partial charge in [-0.3, -0.25) is 9.59 Å². The Morgan fingerprint density at radius 3 is 2.35 bits per heavy atom. The van der Waals surface area contributed by atoms with Crippen LogP contribution in [0.2, 0.25) is 0 Å². The summed E-state index contributed by atoms with van der Waals surface area (Å²) < 4.78 is 11.2. The molecule has 7 nitrogen and oxygen atoms in total. The van der Waals surface area contributed by atoms with Crippen molar-refractivity contribution in [2.24, 2.45) is 0 Å². The Bertz CT molecular complexity index is 613. The predicted octanol–water partition coefficient (Wildman–Crippen LogP) is 0.917. The van der Waals surface area contributed by atoms with E-state index >= 15 is 0 Å². The molecule has 1 aliphatic rings. The van der Waals surface area contributed by atoms with E-state index in [-0.39, 0.29) is 0 Å². The molecule has 2 amide bonds. The molecule has 0 atom stereocenters. The summed E-state index contributed by atoms with van der Waals surface area (Å²) in [5, 5.41) is 2.71. The number of nitrogens with zero attached hydrogens (tertiary/aromatic N) is 2. The fourth-order valence-electron chi connectivity index (χ4n) is 2.80. The Morgan fingerprint density at radius 2 is 1.69 bits per heavy atom. The molecule has 144 valence electrons. The molecule has 0 bridgehead atoms. The molecular formula is C19H29N3O4. The number of carbonyl (C=O) groups is 2. The summed E-state index contributed by atoms with van der Waals surface area (Å²) in [6.07, 6.45) is 0.619. The third-order valence-electron chi connectivity index (χ3n) is 4.29. The molecule has 1 aromatic rings. The minimum absolute atomic E-state index is 0.401. The highest BCUT2D eigenvalue weighted by atomic mass is 16.5. The Hall–Kier alpha value is -2.28. The van der Waals surface area contributed by atoms with Gasteiger partial charge in [-0.25, -0.2) is 0 Å². The average molecular weight is 363 g/mol. The number of hydrogen-bond acceptors (Lipinski definition) is 5. The molecular weight excluding hydrogens is 334 g/mol. The molecule has 0 unspecified atom stereocenters. The SMILES string of the molecule is CCOc1ccc(CCNC(=O)C(=O)N2CCN(C)CC2)cc1OCC. The van der Waals surface area contributed by atoms with Crippen LogP contribution in [-0.4, -0.2) is 74.6 Å². The first-order valence-corrected chi connectivity index (χ1v) is 9.19. The van der Waals surface area contributed by atoms with Crippen molar-refractivity contribution in [2.45, 2.75) is 20.3 Å². The summed E-state index contributed by atoms with van der Waals surface area (Å²) in [4.78, 5) is 28.0. The van der Waals surface area contributed by atoms with Crippen LogP contribution in [0.3, 0.4) is 0 Å². The standard InChI is InChI=1S/C19H29N3O4/c1-4-25-16-7-6-15(14-17(16)26-5-2)8-9-20-18(23)19(24)22-12-10-21(3)11-13-22/h6-7,14H,4-5,8-13H2,1-3H3,(H,20,23). The van der Waals surface area contributed by atoms with Crippen LogP contribution in [0.25, 0.3) is 0 Å². The van der Waals surface area contributed by atoms with Crippen molar-refractivity contribution in [1.29, 1.82) is 0 Å². The van der Waals surface area contributed by atoms with E-state index in [1.807, 2.05) is 39.1 Å². The summed E-state index contributed by atoms with van der Waals surface area (Å²) in [7, 11) is 2.01. The summed E-state index contributed by atoms with van der Waals surface area (Å²) in [5.41, 5.74) is 1.02. The number of hydrogen-bond donors (Lipinski definition) is 1. The van der Waals surface area contributed by atoms with Crippen molar-refractivity contribution in [3.05, 3.63) is 23.8 Å². The first-order valence-electron chi connectivity index (χ1n) is 9.19. The van der Waals surface area contributed by atoms with E-state index in [2.05, 4.69) is 10.2 Å². The number of ether oxygens (including phenoxy) is 2. The summed E-state index contributed by atoms with van der Waals surface area (Å²) in [6.45, 7) is 8.17. The van der Waals surface area contributed by atoms with E-state index in [1.54, 1.807) is 4.90 Å². The van der Waals surface area contributed by atoms with Crippen molar-refractivity contribution >= 4 is 11.8 Å². The number of amides is 2. The fraction of sp³-hybridized carbons (Fsp3) is 0.579. The highest BCUT2D eigenvalue weighted by molar-refractivity contribution is 6.35. The lowest BCUT2D eigenvalue weighted by Crippen LogP contribution is -2.51. The molecule has 1 N–H and O–H groups in total. The second kappa shape index (κ2) is 10.0. The van der Waals surface area contributed by atoms with Crippen LogP contribution in [0, 0.1) is 0 Å². The molecule has 26 heavy (non-hydrogen) atoms. The summed E-state index contributed by atoms with van der Waals surface area (Å²) in [5.74, 6) is 0.435. The number of rotatable bonds is 7. The topological polar surface area (TPSA) is 71.1 Å². The van der Waals surface area contributed by atoms with Crippen LogP contribution in [0.5, 0.6) is 11.5 Å². The normalized spacial score (nSPS) is 14.8. The van der Waals surface area contributed by atoms with Crippen molar-refractivity contribution in [1.82, 2.24) is 15.1 Å². The molecule has 0 radical (unpaired) electrons. The number of carbonyl (C=O) groups excluding carboxylic acids is 2. The van der Waals surface area contributed by atoms with Gasteiger partial charge in [0, 0.05) is 32.7 Å². The monoisotopic (exact) mass is 363 g/mol. The third kappa shape index (κ3) is 5.62. The second-order valence-electron chi connectivity index (χ2n) is 6.25. The lowest BCUT2D eigenvalue weighted by molar-refractivity contribution is -0.146. The molecule has 1 aliphatic heterocycles. The van der Waals surface area contributed by atoms with Crippen molar-refractivity contribution in [3.8, 4) is 11.5 Å². The highest BCUT2D eigenvalue weighted by Crippen LogP contribution is 2.28. The van der Waals surface area contributed by atoms with Gasteiger partial charge in [0.1, 0.15) is 0 Å². The van der Waals surface area contributed by atoms with E-state index in [4.69, 9.17) is 9.47 Å². The molecule has 0 saturated carbocycles. The lowest BCUT2D eigenvalue weighted by atomic mass is 10.1. The summed E-state index contributed by atoms with van der Waals surface area (Å²) >= 11 is 0. The Labute approximate surface area is 155 Å². The first kappa shape index (κ1) is 20.0. The quantitative estimate of drug-likeness (QED) is 0.730. The zero-order chi connectivity index (χ0) is 18.9. The van der Waals surface area contributed by atoms with E-state index < -0.39 is 11.8 Å². The van der Waals surface area contributed by atoms with E-state index in [1.165, 1.54) is 0 Å². The molecule has 1 heterocycles. The van der Waals surface area contributed by atoms with Crippen molar-refractivity contribution < 1.29 is 19.1 Å². The van der Waals surface area contributed by atoms with Gasteiger partial charge in [-0.1, -0.05) is 6.07 Å². The molecule has 2 rings (SSSR count). The van der Waals surface area contributed by atoms with Gasteiger partial charge in [-0.15, -0.1) is 0 Å². The average Bonchev–Trinajstić information content (AvgIpc) is 2.64. The van der Waals surface area contributed by atoms with Gasteiger partial charge >= 0.3 is 11.8 Å². The zero-order valence-corrected chi connectivity index (χ0v) is 15.9. The summed E-state index contributed by atoms with van der Waals surface area (Å²) in [6, 6.07) is 5.74. The number of likely N-dealkylation sites (N-methyl/N-ethyl adjacent to an activating group) is 1. The first-order chi connectivity index (χ1) is 12.5. The Balaban J connectivity index is 1.83. The van der Waals surface area contributed by atoms with Crippen LogP contribution in [0.15, 0.2) is 18.2 Å². The third-order valence-corrected chi connectivity index (χ3v) is 4.29. The molecule has 1 aromatic carbocycles. The molecule has 0 spiro atoms. The highest BCUT2D eigenvalue weighted by Gasteiger charge is 2.24. The number of nitrogens with one attached hydrogen (secondary N) is 1. The number of benzene rings is 1. The van der Waals surface area contributed by atoms with E-state index in [9.17, 15) is 9.59 Å². The van der Waals surface area contributed by atoms with Crippen molar-refractivity contribution in [3.63, 3.8) is 0 Å². The largest absolute Gasteiger partial charge is 0.490 e. The van der Waals surface area contributed by atoms with Gasteiger partial charge in [0.25, 0.3) is 0 Å². The minimum Gasteiger partial charge on any atom is -0.490 e. The molecule has 7 heteroatoms. The Kier molecular flexibility index (Phi) is 7.72. The molecule has 0 aromatic heterocycles. The molecule has 1 saturated heterocycles. The molecule has 0 aliphatic carbocycles.